The number of ether oxygens (including phenoxy) is 3. The Morgan fingerprint density at radius 1 is 0.788 bits per heavy atom. The van der Waals surface area contributed by atoms with E-state index in [1.165, 1.54) is 89.5 Å². The van der Waals surface area contributed by atoms with E-state index in [2.05, 4.69) is 17.6 Å². The third-order valence-electron chi connectivity index (χ3n) is 8.71. The molecular formula is C41H53Cl3N2O6. The van der Waals surface area contributed by atoms with Crippen molar-refractivity contribution in [3.63, 3.8) is 0 Å². The van der Waals surface area contributed by atoms with Gasteiger partial charge >= 0.3 is 6.09 Å². The Hall–Kier alpha value is -3.46. The third kappa shape index (κ3) is 14.5. The van der Waals surface area contributed by atoms with Gasteiger partial charge in [-0.1, -0.05) is 118 Å². The van der Waals surface area contributed by atoms with Crippen LogP contribution in [0.3, 0.4) is 0 Å². The minimum absolute atomic E-state index is 0.138. The van der Waals surface area contributed by atoms with Crippen LogP contribution in [0.25, 0.3) is 0 Å². The van der Waals surface area contributed by atoms with Crippen molar-refractivity contribution >= 4 is 64.0 Å². The van der Waals surface area contributed by atoms with Crippen LogP contribution in [0.5, 0.6) is 11.5 Å². The third-order valence-corrected chi connectivity index (χ3v) is 9.81. The van der Waals surface area contributed by atoms with Crippen molar-refractivity contribution in [2.75, 3.05) is 24.4 Å². The van der Waals surface area contributed by atoms with Gasteiger partial charge in [0.05, 0.1) is 7.11 Å². The highest BCUT2D eigenvalue weighted by Gasteiger charge is 2.42. The largest absolute Gasteiger partial charge is 0.497 e. The van der Waals surface area contributed by atoms with E-state index in [0.717, 1.165) is 36.1 Å². The summed E-state index contributed by atoms with van der Waals surface area (Å²) >= 11 is 18.9. The number of aryl methyl sites for hydroxylation is 2. The average Bonchev–Trinajstić information content (AvgIpc) is 3.12. The fourth-order valence-electron chi connectivity index (χ4n) is 5.66. The molecule has 0 saturated carbocycles. The van der Waals surface area contributed by atoms with Crippen molar-refractivity contribution in [1.29, 1.82) is 0 Å². The highest BCUT2D eigenvalue weighted by molar-refractivity contribution is 6.70. The number of rotatable bonds is 23. The molecule has 0 aliphatic rings. The number of hydrogen-bond donors (Lipinski definition) is 2. The molecule has 1 unspecified atom stereocenters. The molecule has 0 bridgehead atoms. The molecule has 0 aliphatic heterocycles. The van der Waals surface area contributed by atoms with E-state index in [0.29, 0.717) is 16.5 Å². The van der Waals surface area contributed by atoms with E-state index in [4.69, 9.17) is 49.0 Å². The molecule has 52 heavy (non-hydrogen) atoms. The van der Waals surface area contributed by atoms with Gasteiger partial charge in [-0.25, -0.2) is 4.79 Å². The zero-order valence-electron chi connectivity index (χ0n) is 30.8. The molecule has 0 heterocycles. The summed E-state index contributed by atoms with van der Waals surface area (Å²) in [6, 6.07) is 16.2. The van der Waals surface area contributed by atoms with Crippen molar-refractivity contribution < 1.29 is 28.6 Å². The lowest BCUT2D eigenvalue weighted by Gasteiger charge is -2.19. The summed E-state index contributed by atoms with van der Waals surface area (Å²) in [7, 11) is 1.49. The van der Waals surface area contributed by atoms with Crippen molar-refractivity contribution in [3.8, 4) is 11.5 Å². The number of unbranched alkanes of at least 4 members (excludes halogenated alkanes) is 11. The van der Waals surface area contributed by atoms with E-state index in [9.17, 15) is 14.4 Å². The lowest BCUT2D eigenvalue weighted by atomic mass is 10.0. The molecule has 0 saturated heterocycles. The van der Waals surface area contributed by atoms with Crippen LogP contribution in [-0.2, 0) is 16.0 Å². The van der Waals surface area contributed by atoms with Crippen molar-refractivity contribution in [3.05, 3.63) is 82.4 Å². The van der Waals surface area contributed by atoms with Crippen LogP contribution in [0.4, 0.5) is 16.2 Å². The Balaban J connectivity index is 1.44. The minimum atomic E-state index is -2.40. The molecule has 0 aromatic heterocycles. The summed E-state index contributed by atoms with van der Waals surface area (Å²) in [6.07, 6.45) is 15.1. The van der Waals surface area contributed by atoms with Crippen LogP contribution < -0.4 is 20.1 Å². The van der Waals surface area contributed by atoms with Crippen LogP contribution >= 0.6 is 34.8 Å². The molecule has 0 spiro atoms. The Bertz CT molecular complexity index is 1580. The number of ketones is 1. The number of benzene rings is 3. The van der Waals surface area contributed by atoms with Gasteiger partial charge in [-0.15, -0.1) is 0 Å². The number of halogens is 3. The summed E-state index contributed by atoms with van der Waals surface area (Å²) in [4.78, 5) is 38.5. The molecule has 11 heteroatoms. The molecule has 0 aliphatic carbocycles. The molecule has 3 aromatic rings. The van der Waals surface area contributed by atoms with Gasteiger partial charge in [-0.2, -0.15) is 0 Å². The lowest BCUT2D eigenvalue weighted by Crippen LogP contribution is -2.40. The summed E-state index contributed by atoms with van der Waals surface area (Å²) in [6.45, 7) is 6.08. The maximum absolute atomic E-state index is 12.9. The van der Waals surface area contributed by atoms with E-state index in [-0.39, 0.29) is 17.9 Å². The number of anilines is 2. The van der Waals surface area contributed by atoms with Crippen molar-refractivity contribution in [2.45, 2.75) is 115 Å². The summed E-state index contributed by atoms with van der Waals surface area (Å²) < 4.78 is 14.4. The zero-order chi connectivity index (χ0) is 37.9. The van der Waals surface area contributed by atoms with Gasteiger partial charge in [0.25, 0.3) is 10.2 Å². The molecule has 0 fully saturated rings. The van der Waals surface area contributed by atoms with Crippen LogP contribution in [0.1, 0.15) is 112 Å². The number of hydrogen-bond acceptors (Lipinski definition) is 6. The molecule has 3 aromatic carbocycles. The van der Waals surface area contributed by atoms with Crippen LogP contribution in [0.2, 0.25) is 5.02 Å². The summed E-state index contributed by atoms with van der Waals surface area (Å²) in [5.74, 6) is -0.469. The number of carbonyl (C=O) groups excluding carboxylic acids is 3. The molecule has 2 amide bonds. The summed E-state index contributed by atoms with van der Waals surface area (Å²) in [5, 5.41) is 5.88. The Morgan fingerprint density at radius 3 is 1.96 bits per heavy atom. The monoisotopic (exact) mass is 774 g/mol. The molecule has 284 valence electrons. The molecule has 8 nitrogen and oxygen atoms in total. The van der Waals surface area contributed by atoms with Crippen LogP contribution in [0.15, 0.2) is 60.7 Å². The number of alkyl halides is 2. The number of Topliss-reactive ketones (excluding diaryl/α,β-unsaturated/α-hetero) is 1. The average molecular weight is 776 g/mol. The first-order valence-corrected chi connectivity index (χ1v) is 19.5. The molecule has 2 N–H and O–H groups in total. The second kappa shape index (κ2) is 22.6. The van der Waals surface area contributed by atoms with Gasteiger partial charge in [-0.05, 0) is 92.4 Å². The minimum Gasteiger partial charge on any atom is -0.497 e. The van der Waals surface area contributed by atoms with Gasteiger partial charge in [0.1, 0.15) is 24.2 Å². The first-order chi connectivity index (χ1) is 24.9. The van der Waals surface area contributed by atoms with Gasteiger partial charge in [0, 0.05) is 22.0 Å². The SMILES string of the molecule is CCCCCCCCCCCCCCc1cc(Cl)c(C)cc1OCC(C)OC(=O)Nc1cccc(NC(=O)C(Cl)(Cl)C(=O)c2ccc(OC)cc2)c1. The van der Waals surface area contributed by atoms with Gasteiger partial charge < -0.3 is 19.5 Å². The van der Waals surface area contributed by atoms with E-state index < -0.39 is 28.2 Å². The van der Waals surface area contributed by atoms with Crippen LogP contribution in [0, 0.1) is 6.92 Å². The second-order valence-corrected chi connectivity index (χ2v) is 14.9. The second-order valence-electron chi connectivity index (χ2n) is 13.2. The van der Waals surface area contributed by atoms with E-state index in [1.807, 2.05) is 19.1 Å². The van der Waals surface area contributed by atoms with Gasteiger partial charge in [0.15, 0.2) is 0 Å². The highest BCUT2D eigenvalue weighted by Crippen LogP contribution is 2.31. The zero-order valence-corrected chi connectivity index (χ0v) is 33.1. The van der Waals surface area contributed by atoms with Gasteiger partial charge in [0.2, 0.25) is 5.78 Å². The van der Waals surface area contributed by atoms with Crippen molar-refractivity contribution in [2.24, 2.45) is 0 Å². The fourth-order valence-corrected chi connectivity index (χ4v) is 6.16. The quantitative estimate of drug-likeness (QED) is 0.0430. The van der Waals surface area contributed by atoms with E-state index in [1.54, 1.807) is 37.3 Å². The van der Waals surface area contributed by atoms with Gasteiger partial charge in [-0.3, -0.25) is 14.9 Å². The number of methoxy groups -OCH3 is 1. The number of carbonyl (C=O) groups is 3. The fraction of sp³-hybridized carbons (Fsp3) is 0.488. The normalized spacial score (nSPS) is 11.8. The maximum atomic E-state index is 12.9. The molecule has 1 atom stereocenters. The van der Waals surface area contributed by atoms with Crippen LogP contribution in [-0.4, -0.2) is 41.9 Å². The van der Waals surface area contributed by atoms with Crippen molar-refractivity contribution in [1.82, 2.24) is 0 Å². The number of nitrogens with one attached hydrogen (secondary N) is 2. The smallest absolute Gasteiger partial charge is 0.412 e. The molecular weight excluding hydrogens is 723 g/mol. The standard InChI is InChI=1S/C41H53Cl3N2O6/c1-5-6-7-8-9-10-11-12-13-14-15-16-18-32-26-36(42)29(2)25-37(32)51-28-30(3)52-40(49)46-34-20-17-19-33(27-34)45-39(48)41(43,44)38(47)31-21-23-35(50-4)24-22-31/h17,19-27,30H,5-16,18,28H2,1-4H3,(H,45,48)(H,46,49). The predicted octanol–water partition coefficient (Wildman–Crippen LogP) is 11.9. The number of amides is 2. The molecule has 0 radical (unpaired) electrons. The lowest BCUT2D eigenvalue weighted by molar-refractivity contribution is -0.116. The topological polar surface area (TPSA) is 103 Å². The Labute approximate surface area is 324 Å². The maximum Gasteiger partial charge on any atom is 0.412 e. The summed E-state index contributed by atoms with van der Waals surface area (Å²) in [5.41, 5.74) is 2.69. The first kappa shape index (κ1) is 42.9. The predicted molar refractivity (Wildman–Crippen MR) is 213 cm³/mol. The Morgan fingerprint density at radius 2 is 1.37 bits per heavy atom. The highest BCUT2D eigenvalue weighted by atomic mass is 35.5. The first-order valence-electron chi connectivity index (χ1n) is 18.3. The molecule has 3 rings (SSSR count). The Kier molecular flexibility index (Phi) is 18.6. The van der Waals surface area contributed by atoms with E-state index >= 15 is 0 Å².